The third-order valence-electron chi connectivity index (χ3n) is 7.98. The third kappa shape index (κ3) is 5.98. The minimum Gasteiger partial charge on any atom is -0.342 e. The van der Waals surface area contributed by atoms with Crippen LogP contribution in [0.2, 0.25) is 5.02 Å². The van der Waals surface area contributed by atoms with Gasteiger partial charge in [-0.15, -0.1) is 0 Å². The Labute approximate surface area is 241 Å². The van der Waals surface area contributed by atoms with Gasteiger partial charge >= 0.3 is 0 Å². The Hall–Kier alpha value is -3.49. The van der Waals surface area contributed by atoms with Gasteiger partial charge in [-0.1, -0.05) is 35.9 Å². The number of rotatable bonds is 8. The van der Waals surface area contributed by atoms with Gasteiger partial charge in [-0.25, -0.2) is 9.97 Å². The maximum Gasteiger partial charge on any atom is 0.236 e. The van der Waals surface area contributed by atoms with E-state index in [4.69, 9.17) is 16.6 Å². The van der Waals surface area contributed by atoms with E-state index in [1.807, 2.05) is 49.9 Å². The van der Waals surface area contributed by atoms with E-state index in [0.717, 1.165) is 54.1 Å². The molecule has 210 valence electrons. The number of likely N-dealkylation sites (N-methyl/N-ethyl adjacent to an activating group) is 1. The van der Waals surface area contributed by atoms with Crippen molar-refractivity contribution in [3.05, 3.63) is 76.1 Å². The molecule has 0 unspecified atom stereocenters. The van der Waals surface area contributed by atoms with Crippen LogP contribution in [0.3, 0.4) is 0 Å². The molecule has 3 aromatic rings. The summed E-state index contributed by atoms with van der Waals surface area (Å²) in [5.41, 5.74) is 5.44. The van der Waals surface area contributed by atoms with Crippen LogP contribution < -0.4 is 10.6 Å². The van der Waals surface area contributed by atoms with E-state index >= 15 is 0 Å². The lowest BCUT2D eigenvalue weighted by atomic mass is 9.82. The summed E-state index contributed by atoms with van der Waals surface area (Å²) in [6, 6.07) is 14.4. The van der Waals surface area contributed by atoms with Crippen LogP contribution in [-0.4, -0.2) is 65.3 Å². The molecular weight excluding hydrogens is 524 g/mol. The Balaban J connectivity index is 1.20. The van der Waals surface area contributed by atoms with E-state index in [0.29, 0.717) is 36.3 Å². The standard InChI is InChI=1S/C31H37ClN6O2/c1-31(2)28-22(6-5-7-26(28)35-29(31)40)10-13-25-24(32)18-33-30(36-25)34-23-11-8-20(9-12-23)21-14-16-38(17-15-21)27(39)19-37(3)4/h5-9,11-12,18,21H,10,13-17,19H2,1-4H3,(H,35,40)(H,33,34,36). The third-order valence-corrected chi connectivity index (χ3v) is 8.29. The molecule has 0 spiro atoms. The summed E-state index contributed by atoms with van der Waals surface area (Å²) in [5.74, 6) is 1.17. The summed E-state index contributed by atoms with van der Waals surface area (Å²) >= 11 is 6.48. The summed E-state index contributed by atoms with van der Waals surface area (Å²) in [4.78, 5) is 37.8. The Morgan fingerprint density at radius 3 is 2.55 bits per heavy atom. The number of nitrogens with zero attached hydrogens (tertiary/aromatic N) is 4. The molecule has 1 fully saturated rings. The first kappa shape index (κ1) is 28.1. The lowest BCUT2D eigenvalue weighted by Crippen LogP contribution is -2.42. The van der Waals surface area contributed by atoms with E-state index in [-0.39, 0.29) is 11.8 Å². The van der Waals surface area contributed by atoms with E-state index in [2.05, 4.69) is 45.9 Å². The van der Waals surface area contributed by atoms with Gasteiger partial charge in [0, 0.05) is 24.5 Å². The topological polar surface area (TPSA) is 90.5 Å². The summed E-state index contributed by atoms with van der Waals surface area (Å²) in [6.07, 6.45) is 4.93. The number of fused-ring (bicyclic) bond motifs is 1. The van der Waals surface area contributed by atoms with Gasteiger partial charge < -0.3 is 20.4 Å². The molecule has 1 aromatic heterocycles. The predicted octanol–water partition coefficient (Wildman–Crippen LogP) is 5.16. The molecule has 2 aliphatic rings. The van der Waals surface area contributed by atoms with Gasteiger partial charge in [0.25, 0.3) is 0 Å². The van der Waals surface area contributed by atoms with Crippen LogP contribution in [0.4, 0.5) is 17.3 Å². The van der Waals surface area contributed by atoms with E-state index in [1.54, 1.807) is 6.20 Å². The Bertz CT molecular complexity index is 1400. The molecule has 2 aliphatic heterocycles. The number of amides is 2. The molecule has 0 atom stereocenters. The quantitative estimate of drug-likeness (QED) is 0.396. The Kier molecular flexibility index (Phi) is 8.10. The molecule has 5 rings (SSSR count). The number of piperidine rings is 1. The van der Waals surface area contributed by atoms with Gasteiger partial charge in [-0.2, -0.15) is 0 Å². The second kappa shape index (κ2) is 11.6. The van der Waals surface area contributed by atoms with Crippen molar-refractivity contribution in [2.75, 3.05) is 44.4 Å². The van der Waals surface area contributed by atoms with Crippen molar-refractivity contribution in [1.82, 2.24) is 19.8 Å². The number of halogens is 1. The van der Waals surface area contributed by atoms with Crippen LogP contribution in [0, 0.1) is 0 Å². The second-order valence-corrected chi connectivity index (χ2v) is 12.0. The zero-order valence-electron chi connectivity index (χ0n) is 23.6. The van der Waals surface area contributed by atoms with Crippen LogP contribution in [-0.2, 0) is 27.8 Å². The summed E-state index contributed by atoms with van der Waals surface area (Å²) in [7, 11) is 3.85. The van der Waals surface area contributed by atoms with Crippen LogP contribution in [0.1, 0.15) is 55.0 Å². The number of aromatic nitrogens is 2. The fraction of sp³-hybridized carbons (Fsp3) is 0.419. The van der Waals surface area contributed by atoms with Crippen molar-refractivity contribution in [3.8, 4) is 0 Å². The smallest absolute Gasteiger partial charge is 0.236 e. The number of nitrogens with one attached hydrogen (secondary N) is 2. The van der Waals surface area contributed by atoms with Gasteiger partial charge in [0.05, 0.1) is 28.9 Å². The summed E-state index contributed by atoms with van der Waals surface area (Å²) in [6.45, 7) is 5.98. The minimum absolute atomic E-state index is 0.0214. The van der Waals surface area contributed by atoms with E-state index < -0.39 is 5.41 Å². The Morgan fingerprint density at radius 1 is 1.12 bits per heavy atom. The first-order valence-corrected chi connectivity index (χ1v) is 14.2. The highest BCUT2D eigenvalue weighted by Crippen LogP contribution is 2.40. The van der Waals surface area contributed by atoms with Gasteiger partial charge in [-0.05, 0) is 94.4 Å². The summed E-state index contributed by atoms with van der Waals surface area (Å²) < 4.78 is 0. The highest BCUT2D eigenvalue weighted by atomic mass is 35.5. The molecule has 9 heteroatoms. The maximum atomic E-state index is 12.5. The molecule has 0 radical (unpaired) electrons. The van der Waals surface area contributed by atoms with Crippen LogP contribution in [0.15, 0.2) is 48.7 Å². The average Bonchev–Trinajstić information content (AvgIpc) is 3.17. The molecule has 0 aliphatic carbocycles. The number of hydrogen-bond acceptors (Lipinski definition) is 6. The zero-order chi connectivity index (χ0) is 28.4. The molecule has 2 aromatic carbocycles. The molecule has 0 saturated carbocycles. The fourth-order valence-electron chi connectivity index (χ4n) is 5.73. The number of likely N-dealkylation sites (tertiary alicyclic amines) is 1. The number of carbonyl (C=O) groups excluding carboxylic acids is 2. The van der Waals surface area contributed by atoms with Gasteiger partial charge in [0.15, 0.2) is 0 Å². The van der Waals surface area contributed by atoms with E-state index in [9.17, 15) is 9.59 Å². The Morgan fingerprint density at radius 2 is 1.85 bits per heavy atom. The molecule has 2 amide bonds. The molecule has 2 N–H and O–H groups in total. The largest absolute Gasteiger partial charge is 0.342 e. The maximum absolute atomic E-state index is 12.5. The monoisotopic (exact) mass is 560 g/mol. The van der Waals surface area contributed by atoms with Crippen molar-refractivity contribution in [2.45, 2.75) is 50.9 Å². The fourth-order valence-corrected chi connectivity index (χ4v) is 5.92. The number of benzene rings is 2. The van der Waals surface area contributed by atoms with Gasteiger partial charge in [0.1, 0.15) is 0 Å². The molecule has 3 heterocycles. The van der Waals surface area contributed by atoms with Crippen molar-refractivity contribution < 1.29 is 9.59 Å². The zero-order valence-corrected chi connectivity index (χ0v) is 24.4. The molecular formula is C31H37ClN6O2. The number of carbonyl (C=O) groups is 2. The molecule has 40 heavy (non-hydrogen) atoms. The van der Waals surface area contributed by atoms with Crippen molar-refractivity contribution in [2.24, 2.45) is 0 Å². The van der Waals surface area contributed by atoms with Crippen LogP contribution in [0.25, 0.3) is 0 Å². The lowest BCUT2D eigenvalue weighted by Gasteiger charge is -2.33. The van der Waals surface area contributed by atoms with Crippen molar-refractivity contribution in [3.63, 3.8) is 0 Å². The number of anilines is 3. The average molecular weight is 561 g/mol. The first-order chi connectivity index (χ1) is 19.1. The van der Waals surface area contributed by atoms with Crippen LogP contribution in [0.5, 0.6) is 0 Å². The first-order valence-electron chi connectivity index (χ1n) is 13.9. The lowest BCUT2D eigenvalue weighted by molar-refractivity contribution is -0.132. The van der Waals surface area contributed by atoms with Gasteiger partial charge in [0.2, 0.25) is 17.8 Å². The molecule has 1 saturated heterocycles. The SMILES string of the molecule is CN(C)CC(=O)N1CCC(c2ccc(Nc3ncc(Cl)c(CCc4cccc5c4C(C)(C)C(=O)N5)n3)cc2)CC1. The van der Waals surface area contributed by atoms with Gasteiger partial charge in [-0.3, -0.25) is 9.59 Å². The highest BCUT2D eigenvalue weighted by Gasteiger charge is 2.39. The van der Waals surface area contributed by atoms with Crippen molar-refractivity contribution >= 4 is 40.7 Å². The van der Waals surface area contributed by atoms with E-state index in [1.165, 1.54) is 5.56 Å². The predicted molar refractivity (Wildman–Crippen MR) is 159 cm³/mol. The summed E-state index contributed by atoms with van der Waals surface area (Å²) in [5, 5.41) is 6.83. The second-order valence-electron chi connectivity index (χ2n) is 11.5. The highest BCUT2D eigenvalue weighted by molar-refractivity contribution is 6.31. The molecule has 8 nitrogen and oxygen atoms in total. The van der Waals surface area contributed by atoms with Crippen LogP contribution >= 0.6 is 11.6 Å². The van der Waals surface area contributed by atoms with Crippen molar-refractivity contribution in [1.29, 1.82) is 0 Å². The minimum atomic E-state index is -0.569. The molecule has 0 bridgehead atoms. The normalized spacial score (nSPS) is 16.6. The number of hydrogen-bond donors (Lipinski definition) is 2. The number of aryl methyl sites for hydroxylation is 2.